The SMILES string of the molecule is CCC1CC1NC(=O)C1CCNC1C. The van der Waals surface area contributed by atoms with E-state index in [0.717, 1.165) is 18.9 Å². The van der Waals surface area contributed by atoms with E-state index in [0.29, 0.717) is 12.1 Å². The Morgan fingerprint density at radius 3 is 2.86 bits per heavy atom. The van der Waals surface area contributed by atoms with E-state index in [2.05, 4.69) is 24.5 Å². The minimum Gasteiger partial charge on any atom is -0.353 e. The molecule has 0 aromatic heterocycles. The van der Waals surface area contributed by atoms with Crippen molar-refractivity contribution in [1.29, 1.82) is 0 Å². The third-order valence-electron chi connectivity index (χ3n) is 3.64. The molecule has 0 aromatic rings. The van der Waals surface area contributed by atoms with Gasteiger partial charge in [-0.15, -0.1) is 0 Å². The summed E-state index contributed by atoms with van der Waals surface area (Å²) in [5, 5.41) is 6.46. The Bertz CT molecular complexity index is 229. The predicted octanol–water partition coefficient (Wildman–Crippen LogP) is 0.899. The summed E-state index contributed by atoms with van der Waals surface area (Å²) in [4.78, 5) is 11.8. The second kappa shape index (κ2) is 3.89. The van der Waals surface area contributed by atoms with Crippen molar-refractivity contribution in [3.63, 3.8) is 0 Å². The number of carbonyl (C=O) groups excluding carboxylic acids is 1. The molecule has 2 N–H and O–H groups in total. The molecule has 1 aliphatic carbocycles. The first-order chi connectivity index (χ1) is 6.72. The van der Waals surface area contributed by atoms with E-state index in [1.165, 1.54) is 12.8 Å². The van der Waals surface area contributed by atoms with Gasteiger partial charge in [0.25, 0.3) is 0 Å². The van der Waals surface area contributed by atoms with Crippen molar-refractivity contribution >= 4 is 5.91 Å². The van der Waals surface area contributed by atoms with Crippen molar-refractivity contribution in [2.75, 3.05) is 6.54 Å². The third-order valence-corrected chi connectivity index (χ3v) is 3.64. The summed E-state index contributed by atoms with van der Waals surface area (Å²) in [6.45, 7) is 5.28. The standard InChI is InChI=1S/C11H20N2O/c1-3-8-6-10(8)13-11(14)9-4-5-12-7(9)2/h7-10,12H,3-6H2,1-2H3,(H,13,14). The molecule has 0 bridgehead atoms. The van der Waals surface area contributed by atoms with E-state index < -0.39 is 0 Å². The van der Waals surface area contributed by atoms with Crippen molar-refractivity contribution in [3.8, 4) is 0 Å². The summed E-state index contributed by atoms with van der Waals surface area (Å²) in [5.41, 5.74) is 0. The number of carbonyl (C=O) groups is 1. The van der Waals surface area contributed by atoms with Gasteiger partial charge in [0.05, 0.1) is 5.92 Å². The van der Waals surface area contributed by atoms with Crippen LogP contribution >= 0.6 is 0 Å². The maximum atomic E-state index is 11.8. The summed E-state index contributed by atoms with van der Waals surface area (Å²) in [6, 6.07) is 0.842. The molecule has 1 amide bonds. The molecular formula is C11H20N2O. The molecular weight excluding hydrogens is 176 g/mol. The third kappa shape index (κ3) is 1.92. The van der Waals surface area contributed by atoms with Gasteiger partial charge in [-0.05, 0) is 32.2 Å². The monoisotopic (exact) mass is 196 g/mol. The number of hydrogen-bond acceptors (Lipinski definition) is 2. The summed E-state index contributed by atoms with van der Waals surface area (Å²) in [7, 11) is 0. The summed E-state index contributed by atoms with van der Waals surface area (Å²) >= 11 is 0. The Kier molecular flexibility index (Phi) is 2.77. The zero-order valence-corrected chi connectivity index (χ0v) is 9.05. The van der Waals surface area contributed by atoms with Crippen molar-refractivity contribution in [2.45, 2.75) is 45.2 Å². The molecule has 1 heterocycles. The van der Waals surface area contributed by atoms with Crippen LogP contribution in [-0.2, 0) is 4.79 Å². The average Bonchev–Trinajstić information content (AvgIpc) is 2.77. The first-order valence-electron chi connectivity index (χ1n) is 5.76. The number of rotatable bonds is 3. The van der Waals surface area contributed by atoms with Crippen LogP contribution in [0.1, 0.15) is 33.1 Å². The van der Waals surface area contributed by atoms with Gasteiger partial charge in [-0.2, -0.15) is 0 Å². The molecule has 2 fully saturated rings. The van der Waals surface area contributed by atoms with E-state index in [1.54, 1.807) is 0 Å². The molecule has 0 aromatic carbocycles. The van der Waals surface area contributed by atoms with Gasteiger partial charge in [-0.25, -0.2) is 0 Å². The summed E-state index contributed by atoms with van der Waals surface area (Å²) < 4.78 is 0. The molecule has 1 saturated heterocycles. The summed E-state index contributed by atoms with van der Waals surface area (Å²) in [6.07, 6.45) is 3.39. The molecule has 0 spiro atoms. The van der Waals surface area contributed by atoms with Gasteiger partial charge in [0.15, 0.2) is 0 Å². The highest BCUT2D eigenvalue weighted by molar-refractivity contribution is 5.80. The highest BCUT2D eigenvalue weighted by Gasteiger charge is 2.39. The lowest BCUT2D eigenvalue weighted by Gasteiger charge is -2.14. The average molecular weight is 196 g/mol. The molecule has 3 heteroatoms. The van der Waals surface area contributed by atoms with Crippen LogP contribution in [-0.4, -0.2) is 24.5 Å². The van der Waals surface area contributed by atoms with Crippen molar-refractivity contribution in [2.24, 2.45) is 11.8 Å². The Morgan fingerprint density at radius 2 is 2.36 bits per heavy atom. The Hall–Kier alpha value is -0.570. The van der Waals surface area contributed by atoms with E-state index >= 15 is 0 Å². The second-order valence-corrected chi connectivity index (χ2v) is 4.66. The van der Waals surface area contributed by atoms with Gasteiger partial charge < -0.3 is 10.6 Å². The largest absolute Gasteiger partial charge is 0.353 e. The van der Waals surface area contributed by atoms with Gasteiger partial charge in [-0.3, -0.25) is 4.79 Å². The molecule has 14 heavy (non-hydrogen) atoms. The van der Waals surface area contributed by atoms with Crippen molar-refractivity contribution in [1.82, 2.24) is 10.6 Å². The van der Waals surface area contributed by atoms with Gasteiger partial charge >= 0.3 is 0 Å². The van der Waals surface area contributed by atoms with E-state index in [-0.39, 0.29) is 11.8 Å². The van der Waals surface area contributed by atoms with E-state index in [4.69, 9.17) is 0 Å². The number of hydrogen-bond donors (Lipinski definition) is 2. The molecule has 3 nitrogen and oxygen atoms in total. The summed E-state index contributed by atoms with van der Waals surface area (Å²) in [5.74, 6) is 1.22. The second-order valence-electron chi connectivity index (χ2n) is 4.66. The van der Waals surface area contributed by atoms with Crippen LogP contribution in [0, 0.1) is 11.8 Å². The first kappa shape index (κ1) is 9.97. The molecule has 1 aliphatic heterocycles. The maximum absolute atomic E-state index is 11.8. The normalized spacial score (nSPS) is 41.0. The van der Waals surface area contributed by atoms with Crippen LogP contribution < -0.4 is 10.6 Å². The van der Waals surface area contributed by atoms with Crippen LogP contribution in [0.2, 0.25) is 0 Å². The van der Waals surface area contributed by atoms with E-state index in [1.807, 2.05) is 0 Å². The van der Waals surface area contributed by atoms with Gasteiger partial charge in [0.1, 0.15) is 0 Å². The van der Waals surface area contributed by atoms with Crippen LogP contribution in [0.5, 0.6) is 0 Å². The highest BCUT2D eigenvalue weighted by atomic mass is 16.2. The molecule has 2 aliphatic rings. The van der Waals surface area contributed by atoms with E-state index in [9.17, 15) is 4.79 Å². The highest BCUT2D eigenvalue weighted by Crippen LogP contribution is 2.33. The molecule has 1 saturated carbocycles. The lowest BCUT2D eigenvalue weighted by atomic mass is 10.0. The van der Waals surface area contributed by atoms with Gasteiger partial charge in [0.2, 0.25) is 5.91 Å². The van der Waals surface area contributed by atoms with Crippen molar-refractivity contribution < 1.29 is 4.79 Å². The Balaban J connectivity index is 1.78. The minimum atomic E-state index is 0.202. The van der Waals surface area contributed by atoms with Crippen LogP contribution in [0.15, 0.2) is 0 Å². The minimum absolute atomic E-state index is 0.202. The molecule has 0 radical (unpaired) electrons. The molecule has 2 rings (SSSR count). The topological polar surface area (TPSA) is 41.1 Å². The van der Waals surface area contributed by atoms with Crippen LogP contribution in [0.4, 0.5) is 0 Å². The fourth-order valence-corrected chi connectivity index (χ4v) is 2.38. The Morgan fingerprint density at radius 1 is 1.57 bits per heavy atom. The predicted molar refractivity (Wildman–Crippen MR) is 55.9 cm³/mol. The lowest BCUT2D eigenvalue weighted by molar-refractivity contribution is -0.125. The zero-order chi connectivity index (χ0) is 10.1. The number of amides is 1. The fraction of sp³-hybridized carbons (Fsp3) is 0.909. The fourth-order valence-electron chi connectivity index (χ4n) is 2.38. The van der Waals surface area contributed by atoms with Gasteiger partial charge in [0, 0.05) is 12.1 Å². The smallest absolute Gasteiger partial charge is 0.224 e. The Labute approximate surface area is 85.6 Å². The number of nitrogens with one attached hydrogen (secondary N) is 2. The first-order valence-corrected chi connectivity index (χ1v) is 5.76. The van der Waals surface area contributed by atoms with Gasteiger partial charge in [-0.1, -0.05) is 13.3 Å². The molecule has 4 atom stereocenters. The molecule has 4 unspecified atom stereocenters. The maximum Gasteiger partial charge on any atom is 0.224 e. The van der Waals surface area contributed by atoms with Crippen molar-refractivity contribution in [3.05, 3.63) is 0 Å². The van der Waals surface area contributed by atoms with Crippen LogP contribution in [0.3, 0.4) is 0 Å². The zero-order valence-electron chi connectivity index (χ0n) is 9.05. The quantitative estimate of drug-likeness (QED) is 0.704. The lowest BCUT2D eigenvalue weighted by Crippen LogP contribution is -2.38. The van der Waals surface area contributed by atoms with Crippen LogP contribution in [0.25, 0.3) is 0 Å². The molecule has 80 valence electrons.